The van der Waals surface area contributed by atoms with Crippen molar-refractivity contribution in [2.45, 2.75) is 32.2 Å². The van der Waals surface area contributed by atoms with Gasteiger partial charge in [0.25, 0.3) is 0 Å². The number of aryl methyl sites for hydroxylation is 1. The molecule has 2 heterocycles. The van der Waals surface area contributed by atoms with E-state index in [9.17, 15) is 0 Å². The van der Waals surface area contributed by atoms with Crippen LogP contribution in [0.2, 0.25) is 0 Å². The summed E-state index contributed by atoms with van der Waals surface area (Å²) >= 11 is 0. The van der Waals surface area contributed by atoms with Crippen LogP contribution in [0.25, 0.3) is 0 Å². The number of rotatable bonds is 5. The zero-order valence-electron chi connectivity index (χ0n) is 10.1. The normalized spacial score (nSPS) is 21.8. The van der Waals surface area contributed by atoms with Gasteiger partial charge in [-0.3, -0.25) is 4.68 Å². The smallest absolute Gasteiger partial charge is 0.0658 e. The Morgan fingerprint density at radius 1 is 1.56 bits per heavy atom. The zero-order valence-corrected chi connectivity index (χ0v) is 10.1. The van der Waals surface area contributed by atoms with Crippen LogP contribution in [0.5, 0.6) is 0 Å². The summed E-state index contributed by atoms with van der Waals surface area (Å²) in [6.45, 7) is 6.49. The molecule has 1 unspecified atom stereocenters. The summed E-state index contributed by atoms with van der Waals surface area (Å²) in [6.07, 6.45) is 7.52. The fourth-order valence-corrected chi connectivity index (χ4v) is 2.33. The summed E-state index contributed by atoms with van der Waals surface area (Å²) < 4.78 is 2.14. The van der Waals surface area contributed by atoms with Crippen LogP contribution in [0, 0.1) is 0 Å². The Hall–Kier alpha value is -0.870. The van der Waals surface area contributed by atoms with Crippen LogP contribution in [-0.2, 0) is 6.42 Å². The fraction of sp³-hybridized carbons (Fsp3) is 0.750. The maximum absolute atomic E-state index is 5.51. The van der Waals surface area contributed by atoms with Gasteiger partial charge in [-0.05, 0) is 37.9 Å². The molecule has 0 spiro atoms. The third kappa shape index (κ3) is 2.62. The molecule has 1 aliphatic heterocycles. The largest absolute Gasteiger partial charge is 0.330 e. The molecule has 0 bridgehead atoms. The third-order valence-corrected chi connectivity index (χ3v) is 3.39. The maximum Gasteiger partial charge on any atom is 0.0658 e. The molecule has 0 saturated carbocycles. The first-order chi connectivity index (χ1) is 7.83. The number of likely N-dealkylation sites (N-methyl/N-ethyl adjacent to an activating group) is 1. The van der Waals surface area contributed by atoms with Crippen LogP contribution >= 0.6 is 0 Å². The molecule has 1 aliphatic rings. The van der Waals surface area contributed by atoms with Crippen LogP contribution < -0.4 is 5.73 Å². The van der Waals surface area contributed by atoms with Crippen LogP contribution in [-0.4, -0.2) is 40.9 Å². The van der Waals surface area contributed by atoms with Gasteiger partial charge in [-0.15, -0.1) is 0 Å². The van der Waals surface area contributed by atoms with Crippen LogP contribution in [0.4, 0.5) is 0 Å². The highest BCUT2D eigenvalue weighted by Gasteiger charge is 2.22. The summed E-state index contributed by atoms with van der Waals surface area (Å²) in [5, 5.41) is 4.47. The molecule has 1 atom stereocenters. The Labute approximate surface area is 97.4 Å². The number of aromatic nitrogens is 2. The number of hydrogen-bond donors (Lipinski definition) is 1. The first-order valence-corrected chi connectivity index (χ1v) is 6.29. The lowest BCUT2D eigenvalue weighted by Crippen LogP contribution is -2.21. The van der Waals surface area contributed by atoms with Crippen molar-refractivity contribution in [3.63, 3.8) is 0 Å². The standard InChI is InChI=1S/C12H22N4/c1-2-15-7-5-12(10-15)16-9-11(8-14-16)4-3-6-13/h8-9,12H,2-7,10,13H2,1H3. The van der Waals surface area contributed by atoms with Crippen molar-refractivity contribution in [3.05, 3.63) is 18.0 Å². The van der Waals surface area contributed by atoms with Crippen LogP contribution in [0.3, 0.4) is 0 Å². The van der Waals surface area contributed by atoms with Gasteiger partial charge in [-0.1, -0.05) is 6.92 Å². The highest BCUT2D eigenvalue weighted by molar-refractivity contribution is 5.05. The first-order valence-electron chi connectivity index (χ1n) is 6.29. The zero-order chi connectivity index (χ0) is 11.4. The lowest BCUT2D eigenvalue weighted by atomic mass is 10.2. The van der Waals surface area contributed by atoms with E-state index in [2.05, 4.69) is 27.8 Å². The molecule has 90 valence electrons. The van der Waals surface area contributed by atoms with Crippen LogP contribution in [0.1, 0.15) is 31.4 Å². The predicted octanol–water partition coefficient (Wildman–Crippen LogP) is 1.04. The molecule has 2 rings (SSSR count). The molecule has 0 radical (unpaired) electrons. The van der Waals surface area contributed by atoms with Crippen molar-refractivity contribution >= 4 is 0 Å². The quantitative estimate of drug-likeness (QED) is 0.810. The first kappa shape index (κ1) is 11.6. The van der Waals surface area contributed by atoms with Gasteiger partial charge in [-0.25, -0.2) is 0 Å². The molecular weight excluding hydrogens is 200 g/mol. The second-order valence-electron chi connectivity index (χ2n) is 4.56. The minimum absolute atomic E-state index is 0.576. The summed E-state index contributed by atoms with van der Waals surface area (Å²) in [5.74, 6) is 0. The average Bonchev–Trinajstić information content (AvgIpc) is 2.94. The van der Waals surface area contributed by atoms with Crippen LogP contribution in [0.15, 0.2) is 12.4 Å². The van der Waals surface area contributed by atoms with E-state index in [0.29, 0.717) is 6.04 Å². The van der Waals surface area contributed by atoms with Gasteiger partial charge >= 0.3 is 0 Å². The van der Waals surface area contributed by atoms with Gasteiger partial charge in [0.2, 0.25) is 0 Å². The molecule has 1 saturated heterocycles. The topological polar surface area (TPSA) is 47.1 Å². The van der Waals surface area contributed by atoms with Gasteiger partial charge in [0.05, 0.1) is 12.2 Å². The van der Waals surface area contributed by atoms with Crippen molar-refractivity contribution in [1.29, 1.82) is 0 Å². The molecule has 16 heavy (non-hydrogen) atoms. The molecule has 1 aromatic rings. The highest BCUT2D eigenvalue weighted by atomic mass is 15.3. The molecule has 0 aromatic carbocycles. The number of likely N-dealkylation sites (tertiary alicyclic amines) is 1. The SMILES string of the molecule is CCN1CCC(n2cc(CCCN)cn2)C1. The molecule has 4 nitrogen and oxygen atoms in total. The maximum atomic E-state index is 5.51. The van der Waals surface area contributed by atoms with E-state index in [1.807, 2.05) is 6.20 Å². The second kappa shape index (κ2) is 5.46. The van der Waals surface area contributed by atoms with Gasteiger partial charge < -0.3 is 10.6 Å². The van der Waals surface area contributed by atoms with E-state index in [1.165, 1.54) is 18.5 Å². The molecule has 0 aliphatic carbocycles. The molecule has 0 amide bonds. The highest BCUT2D eigenvalue weighted by Crippen LogP contribution is 2.20. The van der Waals surface area contributed by atoms with E-state index in [4.69, 9.17) is 5.73 Å². The molecular formula is C12H22N4. The average molecular weight is 222 g/mol. The minimum Gasteiger partial charge on any atom is -0.330 e. The Kier molecular flexibility index (Phi) is 3.96. The van der Waals surface area contributed by atoms with Crippen molar-refractivity contribution < 1.29 is 0 Å². The van der Waals surface area contributed by atoms with Crippen molar-refractivity contribution in [2.75, 3.05) is 26.2 Å². The molecule has 4 heteroatoms. The summed E-state index contributed by atoms with van der Waals surface area (Å²) in [6, 6.07) is 0.576. The van der Waals surface area contributed by atoms with E-state index in [0.717, 1.165) is 32.5 Å². The van der Waals surface area contributed by atoms with Gasteiger partial charge in [0.15, 0.2) is 0 Å². The number of nitrogens with zero attached hydrogens (tertiary/aromatic N) is 3. The lowest BCUT2D eigenvalue weighted by Gasteiger charge is -2.13. The van der Waals surface area contributed by atoms with Crippen molar-refractivity contribution in [2.24, 2.45) is 5.73 Å². The lowest BCUT2D eigenvalue weighted by molar-refractivity contribution is 0.335. The predicted molar refractivity (Wildman–Crippen MR) is 65.4 cm³/mol. The van der Waals surface area contributed by atoms with E-state index in [-0.39, 0.29) is 0 Å². The Bertz CT molecular complexity index is 321. The second-order valence-corrected chi connectivity index (χ2v) is 4.56. The summed E-state index contributed by atoms with van der Waals surface area (Å²) in [7, 11) is 0. The van der Waals surface area contributed by atoms with Crippen molar-refractivity contribution in [3.8, 4) is 0 Å². The number of hydrogen-bond acceptors (Lipinski definition) is 3. The Balaban J connectivity index is 1.92. The molecule has 1 aromatic heterocycles. The minimum atomic E-state index is 0.576. The third-order valence-electron chi connectivity index (χ3n) is 3.39. The van der Waals surface area contributed by atoms with Crippen molar-refractivity contribution in [1.82, 2.24) is 14.7 Å². The molecule has 2 N–H and O–H groups in total. The van der Waals surface area contributed by atoms with Gasteiger partial charge in [-0.2, -0.15) is 5.10 Å². The van der Waals surface area contributed by atoms with E-state index >= 15 is 0 Å². The Morgan fingerprint density at radius 3 is 3.12 bits per heavy atom. The monoisotopic (exact) mass is 222 g/mol. The van der Waals surface area contributed by atoms with Gasteiger partial charge in [0, 0.05) is 19.3 Å². The summed E-state index contributed by atoms with van der Waals surface area (Å²) in [5.41, 5.74) is 6.83. The van der Waals surface area contributed by atoms with E-state index < -0.39 is 0 Å². The summed E-state index contributed by atoms with van der Waals surface area (Å²) in [4.78, 5) is 2.48. The number of nitrogens with two attached hydrogens (primary N) is 1. The Morgan fingerprint density at radius 2 is 2.44 bits per heavy atom. The van der Waals surface area contributed by atoms with Gasteiger partial charge in [0.1, 0.15) is 0 Å². The van der Waals surface area contributed by atoms with E-state index in [1.54, 1.807) is 0 Å². The molecule has 1 fully saturated rings. The fourth-order valence-electron chi connectivity index (χ4n) is 2.33.